The molecule has 1 fully saturated rings. The van der Waals surface area contributed by atoms with Crippen molar-refractivity contribution < 1.29 is 13.5 Å². The van der Waals surface area contributed by atoms with Crippen LogP contribution in [0.3, 0.4) is 0 Å². The topological polar surface area (TPSA) is 82.0 Å². The van der Waals surface area contributed by atoms with E-state index in [4.69, 9.17) is 0 Å². The van der Waals surface area contributed by atoms with Crippen LogP contribution >= 0.6 is 24.0 Å². The lowest BCUT2D eigenvalue weighted by atomic mass is 10.1. The number of halogens is 1. The van der Waals surface area contributed by atoms with Crippen molar-refractivity contribution in [3.05, 3.63) is 35.4 Å². The van der Waals surface area contributed by atoms with Crippen LogP contribution in [0.4, 0.5) is 0 Å². The minimum Gasteiger partial charge on any atom is -0.386 e. The fourth-order valence-electron chi connectivity index (χ4n) is 2.91. The molecule has 0 spiro atoms. The second-order valence-electron chi connectivity index (χ2n) is 7.12. The molecule has 1 aromatic rings. The van der Waals surface area contributed by atoms with Crippen LogP contribution in [0.2, 0.25) is 0 Å². The van der Waals surface area contributed by atoms with Crippen molar-refractivity contribution in [2.75, 3.05) is 31.9 Å². The van der Waals surface area contributed by atoms with Gasteiger partial charge in [-0.15, -0.1) is 24.0 Å². The summed E-state index contributed by atoms with van der Waals surface area (Å²) in [5, 5.41) is 13.6. The van der Waals surface area contributed by atoms with E-state index in [-0.39, 0.29) is 36.3 Å². The van der Waals surface area contributed by atoms with Crippen molar-refractivity contribution in [1.82, 2.24) is 10.2 Å². The molecular weight excluding hydrogens is 465 g/mol. The average Bonchev–Trinajstić information content (AvgIpc) is 2.54. The van der Waals surface area contributed by atoms with Crippen molar-refractivity contribution >= 4 is 39.8 Å². The van der Waals surface area contributed by atoms with Crippen LogP contribution in [0.5, 0.6) is 0 Å². The highest BCUT2D eigenvalue weighted by atomic mass is 127. The van der Waals surface area contributed by atoms with Crippen LogP contribution in [-0.4, -0.2) is 61.1 Å². The fraction of sp³-hybridized carbons (Fsp3) is 0.611. The molecular formula is C18H30IN3O3S. The van der Waals surface area contributed by atoms with Crippen molar-refractivity contribution in [3.63, 3.8) is 0 Å². The summed E-state index contributed by atoms with van der Waals surface area (Å²) >= 11 is 0. The number of nitrogens with one attached hydrogen (secondary N) is 1. The van der Waals surface area contributed by atoms with E-state index in [1.54, 1.807) is 13.8 Å². The van der Waals surface area contributed by atoms with Gasteiger partial charge in [-0.2, -0.15) is 0 Å². The molecule has 1 aliphatic rings. The molecule has 1 saturated heterocycles. The van der Waals surface area contributed by atoms with Gasteiger partial charge in [-0.05, 0) is 33.3 Å². The van der Waals surface area contributed by atoms with Crippen LogP contribution in [0.25, 0.3) is 0 Å². The van der Waals surface area contributed by atoms with Gasteiger partial charge < -0.3 is 15.3 Å². The normalized spacial score (nSPS) is 20.2. The highest BCUT2D eigenvalue weighted by molar-refractivity contribution is 14.0. The molecule has 0 aliphatic carbocycles. The monoisotopic (exact) mass is 495 g/mol. The maximum Gasteiger partial charge on any atom is 0.194 e. The highest BCUT2D eigenvalue weighted by Gasteiger charge is 2.40. The molecule has 2 N–H and O–H groups in total. The zero-order valence-corrected chi connectivity index (χ0v) is 19.0. The first kappa shape index (κ1) is 23.2. The quantitative estimate of drug-likeness (QED) is 0.380. The van der Waals surface area contributed by atoms with Gasteiger partial charge in [-0.3, -0.25) is 4.99 Å². The van der Waals surface area contributed by atoms with Gasteiger partial charge in [0.25, 0.3) is 0 Å². The number of aliphatic hydroxyl groups is 1. The first-order chi connectivity index (χ1) is 11.7. The van der Waals surface area contributed by atoms with Gasteiger partial charge in [-0.25, -0.2) is 8.42 Å². The third kappa shape index (κ3) is 5.56. The Balaban J connectivity index is 0.00000338. The lowest BCUT2D eigenvalue weighted by Gasteiger charge is -2.39. The predicted molar refractivity (Wildman–Crippen MR) is 117 cm³/mol. The van der Waals surface area contributed by atoms with E-state index in [0.29, 0.717) is 25.6 Å². The van der Waals surface area contributed by atoms with E-state index in [9.17, 15) is 13.5 Å². The summed E-state index contributed by atoms with van der Waals surface area (Å²) < 4.78 is 23.6. The van der Waals surface area contributed by atoms with Crippen LogP contribution in [0.1, 0.15) is 38.0 Å². The Morgan fingerprint density at radius 3 is 2.69 bits per heavy atom. The number of benzene rings is 1. The van der Waals surface area contributed by atoms with Crippen LogP contribution < -0.4 is 5.32 Å². The lowest BCUT2D eigenvalue weighted by molar-refractivity contribution is 0.186. The van der Waals surface area contributed by atoms with E-state index in [1.165, 1.54) is 0 Å². The Morgan fingerprint density at radius 2 is 2.12 bits per heavy atom. The molecule has 6 nitrogen and oxygen atoms in total. The first-order valence-corrected chi connectivity index (χ1v) is 10.3. The fourth-order valence-corrected chi connectivity index (χ4v) is 4.27. The third-order valence-electron chi connectivity index (χ3n) is 4.52. The summed E-state index contributed by atoms with van der Waals surface area (Å²) in [4.78, 5) is 6.51. The third-order valence-corrected chi connectivity index (χ3v) is 7.05. The molecule has 1 aromatic carbocycles. The SMILES string of the molecule is CCNC(=NCC(O)c1cccc(C)c1)N1CCS(=O)(=O)C(C)(C)C1.I. The molecule has 8 heteroatoms. The van der Waals surface area contributed by atoms with Crippen molar-refractivity contribution in [2.45, 2.75) is 38.5 Å². The van der Waals surface area contributed by atoms with Crippen LogP contribution in [-0.2, 0) is 9.84 Å². The number of hydrogen-bond donors (Lipinski definition) is 2. The van der Waals surface area contributed by atoms with E-state index >= 15 is 0 Å². The zero-order chi connectivity index (χ0) is 18.7. The molecule has 1 aliphatic heterocycles. The van der Waals surface area contributed by atoms with Gasteiger partial charge in [0.15, 0.2) is 15.8 Å². The number of aliphatic imine (C=N–C) groups is 1. The lowest BCUT2D eigenvalue weighted by Crippen LogP contribution is -2.57. The van der Waals surface area contributed by atoms with Gasteiger partial charge >= 0.3 is 0 Å². The first-order valence-electron chi connectivity index (χ1n) is 8.66. The summed E-state index contributed by atoms with van der Waals surface area (Å²) in [6, 6.07) is 7.74. The summed E-state index contributed by atoms with van der Waals surface area (Å²) in [5.74, 6) is 0.766. The Kier molecular flexibility index (Phi) is 8.34. The molecule has 0 saturated carbocycles. The van der Waals surface area contributed by atoms with Gasteiger partial charge in [0.1, 0.15) is 0 Å². The maximum absolute atomic E-state index is 12.2. The number of aryl methyl sites for hydroxylation is 1. The molecule has 0 bridgehead atoms. The minimum absolute atomic E-state index is 0. The molecule has 26 heavy (non-hydrogen) atoms. The number of nitrogens with zero attached hydrogens (tertiary/aromatic N) is 2. The molecule has 1 atom stereocenters. The number of guanidine groups is 1. The maximum atomic E-state index is 12.2. The number of aliphatic hydroxyl groups excluding tert-OH is 1. The summed E-state index contributed by atoms with van der Waals surface area (Å²) in [7, 11) is -3.10. The van der Waals surface area contributed by atoms with Crippen LogP contribution in [0, 0.1) is 6.92 Å². The number of rotatable bonds is 4. The Labute approximate surface area is 174 Å². The molecule has 0 radical (unpaired) electrons. The molecule has 0 aromatic heterocycles. The molecule has 1 unspecified atom stereocenters. The second kappa shape index (κ2) is 9.36. The Bertz CT molecular complexity index is 735. The standard InChI is InChI=1S/C18H29N3O3S.HI/c1-5-19-17(21-9-10-25(23,24)18(3,4)13-21)20-12-16(22)15-8-6-7-14(2)11-15;/h6-8,11,16,22H,5,9-10,12-13H2,1-4H3,(H,19,20);1H. The largest absolute Gasteiger partial charge is 0.386 e. The van der Waals surface area contributed by atoms with Gasteiger partial charge in [0.05, 0.1) is 23.1 Å². The van der Waals surface area contributed by atoms with Crippen LogP contribution in [0.15, 0.2) is 29.3 Å². The van der Waals surface area contributed by atoms with Gasteiger partial charge in [-0.1, -0.05) is 29.8 Å². The Hall–Kier alpha value is -0.870. The van der Waals surface area contributed by atoms with E-state index in [1.807, 2.05) is 43.0 Å². The summed E-state index contributed by atoms with van der Waals surface area (Å²) in [5.41, 5.74) is 1.93. The minimum atomic E-state index is -3.10. The highest BCUT2D eigenvalue weighted by Crippen LogP contribution is 2.24. The molecule has 2 rings (SSSR count). The van der Waals surface area contributed by atoms with E-state index in [0.717, 1.165) is 11.1 Å². The number of sulfone groups is 1. The summed E-state index contributed by atoms with van der Waals surface area (Å²) in [6.07, 6.45) is -0.685. The molecule has 1 heterocycles. The van der Waals surface area contributed by atoms with Crippen molar-refractivity contribution in [3.8, 4) is 0 Å². The predicted octanol–water partition coefficient (Wildman–Crippen LogP) is 2.12. The van der Waals surface area contributed by atoms with Crippen molar-refractivity contribution in [2.24, 2.45) is 4.99 Å². The van der Waals surface area contributed by atoms with Gasteiger partial charge in [0.2, 0.25) is 0 Å². The van der Waals surface area contributed by atoms with Crippen molar-refractivity contribution in [1.29, 1.82) is 0 Å². The van der Waals surface area contributed by atoms with E-state index < -0.39 is 20.7 Å². The Morgan fingerprint density at radius 1 is 1.42 bits per heavy atom. The van der Waals surface area contributed by atoms with E-state index in [2.05, 4.69) is 10.3 Å². The summed E-state index contributed by atoms with van der Waals surface area (Å²) in [6.45, 7) is 9.18. The second-order valence-corrected chi connectivity index (χ2v) is 9.87. The molecule has 0 amide bonds. The zero-order valence-electron chi connectivity index (χ0n) is 15.9. The smallest absolute Gasteiger partial charge is 0.194 e. The van der Waals surface area contributed by atoms with Gasteiger partial charge in [0, 0.05) is 19.6 Å². The average molecular weight is 495 g/mol. The number of hydrogen-bond acceptors (Lipinski definition) is 4. The molecule has 148 valence electrons.